The highest BCUT2D eigenvalue weighted by Crippen LogP contribution is 2.37. The molecule has 3 aromatic rings. The van der Waals surface area contributed by atoms with Crippen LogP contribution in [0.1, 0.15) is 33.3 Å². The lowest BCUT2D eigenvalue weighted by molar-refractivity contribution is -0.142. The van der Waals surface area contributed by atoms with Gasteiger partial charge >= 0.3 is 12.1 Å². The Balaban J connectivity index is 1.96. The van der Waals surface area contributed by atoms with Gasteiger partial charge in [-0.3, -0.25) is 9.36 Å². The van der Waals surface area contributed by atoms with Crippen LogP contribution >= 0.6 is 11.6 Å². The maximum Gasteiger partial charge on any atom is 0.418 e. The van der Waals surface area contributed by atoms with Gasteiger partial charge in [-0.15, -0.1) is 0 Å². The van der Waals surface area contributed by atoms with E-state index in [-0.39, 0.29) is 29.4 Å². The van der Waals surface area contributed by atoms with Crippen molar-refractivity contribution in [3.8, 4) is 11.5 Å². The van der Waals surface area contributed by atoms with Crippen molar-refractivity contribution in [2.75, 3.05) is 6.61 Å². The van der Waals surface area contributed by atoms with Crippen LogP contribution in [0.15, 0.2) is 42.6 Å². The van der Waals surface area contributed by atoms with Gasteiger partial charge in [0.1, 0.15) is 11.4 Å². The summed E-state index contributed by atoms with van der Waals surface area (Å²) in [7, 11) is 0. The lowest BCUT2D eigenvalue weighted by atomic mass is 10.1. The SMILES string of the molecule is CCOC(=O)Cc1ccc(Cl)c(Oc2cccc3c2ccn3C(=O)OC(C)(C)C)c1F. The van der Waals surface area contributed by atoms with Crippen molar-refractivity contribution in [1.82, 2.24) is 4.57 Å². The van der Waals surface area contributed by atoms with Crippen molar-refractivity contribution in [2.45, 2.75) is 39.7 Å². The molecule has 0 atom stereocenters. The Morgan fingerprint density at radius 2 is 1.87 bits per heavy atom. The zero-order chi connectivity index (χ0) is 22.8. The number of hydrogen-bond donors (Lipinski definition) is 0. The number of hydrogen-bond acceptors (Lipinski definition) is 5. The minimum absolute atomic E-state index is 0.0497. The largest absolute Gasteiger partial charge is 0.466 e. The van der Waals surface area contributed by atoms with E-state index in [1.165, 1.54) is 16.7 Å². The van der Waals surface area contributed by atoms with Crippen molar-refractivity contribution in [3.05, 3.63) is 59.0 Å². The van der Waals surface area contributed by atoms with Gasteiger partial charge in [-0.25, -0.2) is 9.18 Å². The summed E-state index contributed by atoms with van der Waals surface area (Å²) in [5, 5.41) is 0.619. The number of carbonyl (C=O) groups is 2. The van der Waals surface area contributed by atoms with Crippen LogP contribution in [-0.2, 0) is 20.7 Å². The van der Waals surface area contributed by atoms with Crippen LogP contribution in [0.5, 0.6) is 11.5 Å². The first-order chi connectivity index (χ1) is 14.6. The van der Waals surface area contributed by atoms with Crippen molar-refractivity contribution in [1.29, 1.82) is 0 Å². The highest BCUT2D eigenvalue weighted by Gasteiger charge is 2.21. The third kappa shape index (κ3) is 5.17. The minimum atomic E-state index is -0.746. The molecule has 0 unspecified atom stereocenters. The van der Waals surface area contributed by atoms with E-state index >= 15 is 4.39 Å². The summed E-state index contributed by atoms with van der Waals surface area (Å²) < 4.78 is 32.5. The molecule has 31 heavy (non-hydrogen) atoms. The second kappa shape index (κ2) is 8.98. The van der Waals surface area contributed by atoms with Gasteiger partial charge in [-0.1, -0.05) is 23.7 Å². The number of fused-ring (bicyclic) bond motifs is 1. The molecule has 0 saturated carbocycles. The fourth-order valence-electron chi connectivity index (χ4n) is 2.98. The van der Waals surface area contributed by atoms with E-state index in [0.29, 0.717) is 16.7 Å². The fourth-order valence-corrected chi connectivity index (χ4v) is 3.16. The average Bonchev–Trinajstić information content (AvgIpc) is 3.11. The van der Waals surface area contributed by atoms with Gasteiger partial charge < -0.3 is 14.2 Å². The Morgan fingerprint density at radius 3 is 2.55 bits per heavy atom. The monoisotopic (exact) mass is 447 g/mol. The summed E-state index contributed by atoms with van der Waals surface area (Å²) in [5.74, 6) is -1.20. The number of carbonyl (C=O) groups excluding carboxylic acids is 2. The number of rotatable bonds is 5. The summed E-state index contributed by atoms with van der Waals surface area (Å²) >= 11 is 6.17. The minimum Gasteiger partial charge on any atom is -0.466 e. The molecule has 1 aromatic heterocycles. The molecule has 0 aliphatic rings. The first kappa shape index (κ1) is 22.6. The molecule has 1 heterocycles. The van der Waals surface area contributed by atoms with Gasteiger partial charge in [0.25, 0.3) is 0 Å². The molecule has 6 nitrogen and oxygen atoms in total. The molecule has 0 aliphatic heterocycles. The highest BCUT2D eigenvalue weighted by molar-refractivity contribution is 6.32. The van der Waals surface area contributed by atoms with Gasteiger partial charge in [0.2, 0.25) is 0 Å². The number of ether oxygens (including phenoxy) is 3. The topological polar surface area (TPSA) is 66.8 Å². The Kier molecular flexibility index (Phi) is 6.55. The van der Waals surface area contributed by atoms with Crippen molar-refractivity contribution < 1.29 is 28.2 Å². The first-order valence-electron chi connectivity index (χ1n) is 9.74. The fraction of sp³-hybridized carbons (Fsp3) is 0.304. The lowest BCUT2D eigenvalue weighted by Crippen LogP contribution is -2.26. The van der Waals surface area contributed by atoms with E-state index in [1.807, 2.05) is 0 Å². The summed E-state index contributed by atoms with van der Waals surface area (Å²) in [4.78, 5) is 24.2. The molecular weight excluding hydrogens is 425 g/mol. The summed E-state index contributed by atoms with van der Waals surface area (Å²) in [6.45, 7) is 7.21. The number of aromatic nitrogens is 1. The molecule has 0 bridgehead atoms. The van der Waals surface area contributed by atoms with E-state index in [9.17, 15) is 9.59 Å². The van der Waals surface area contributed by atoms with Crippen LogP contribution in [0, 0.1) is 5.82 Å². The van der Waals surface area contributed by atoms with Gasteiger partial charge in [-0.05, 0) is 52.0 Å². The molecular formula is C23H23ClFNO5. The van der Waals surface area contributed by atoms with E-state index in [1.54, 1.807) is 58.2 Å². The second-order valence-electron chi connectivity index (χ2n) is 7.79. The molecule has 3 rings (SSSR count). The van der Waals surface area contributed by atoms with E-state index < -0.39 is 23.5 Å². The molecule has 164 valence electrons. The Morgan fingerprint density at radius 1 is 1.13 bits per heavy atom. The highest BCUT2D eigenvalue weighted by atomic mass is 35.5. The quantitative estimate of drug-likeness (QED) is 0.441. The molecule has 8 heteroatoms. The van der Waals surface area contributed by atoms with E-state index in [0.717, 1.165) is 0 Å². The Bertz CT molecular complexity index is 1130. The molecule has 0 spiro atoms. The molecule has 0 N–H and O–H groups in total. The van der Waals surface area contributed by atoms with E-state index in [4.69, 9.17) is 25.8 Å². The third-order valence-corrected chi connectivity index (χ3v) is 4.56. The lowest BCUT2D eigenvalue weighted by Gasteiger charge is -2.19. The van der Waals surface area contributed by atoms with Crippen LogP contribution in [0.2, 0.25) is 5.02 Å². The zero-order valence-electron chi connectivity index (χ0n) is 17.7. The predicted molar refractivity (Wildman–Crippen MR) is 115 cm³/mol. The molecule has 0 saturated heterocycles. The second-order valence-corrected chi connectivity index (χ2v) is 8.20. The average molecular weight is 448 g/mol. The number of benzene rings is 2. The molecule has 0 aliphatic carbocycles. The van der Waals surface area contributed by atoms with Crippen LogP contribution in [0.25, 0.3) is 10.9 Å². The Hall–Kier alpha value is -3.06. The van der Waals surface area contributed by atoms with Gasteiger partial charge in [-0.2, -0.15) is 0 Å². The Labute approximate surface area is 184 Å². The molecule has 2 aromatic carbocycles. The van der Waals surface area contributed by atoms with Crippen LogP contribution < -0.4 is 4.74 Å². The van der Waals surface area contributed by atoms with Gasteiger partial charge in [0.15, 0.2) is 11.6 Å². The summed E-state index contributed by atoms with van der Waals surface area (Å²) in [5.41, 5.74) is -0.0139. The van der Waals surface area contributed by atoms with Crippen LogP contribution in [0.4, 0.5) is 9.18 Å². The summed E-state index contributed by atoms with van der Waals surface area (Å²) in [6.07, 6.45) is 0.771. The standard InChI is InChI=1S/C23H23ClFNO5/c1-5-29-19(27)13-14-9-10-16(24)21(20(14)25)30-18-8-6-7-17-15(18)11-12-26(17)22(28)31-23(2,3)4/h6-12H,5,13H2,1-4H3. The third-order valence-electron chi connectivity index (χ3n) is 4.26. The van der Waals surface area contributed by atoms with E-state index in [2.05, 4.69) is 0 Å². The molecule has 0 radical (unpaired) electrons. The predicted octanol–water partition coefficient (Wildman–Crippen LogP) is 6.11. The van der Waals surface area contributed by atoms with Crippen LogP contribution in [-0.4, -0.2) is 28.8 Å². The van der Waals surface area contributed by atoms with Gasteiger partial charge in [0, 0.05) is 17.1 Å². The first-order valence-corrected chi connectivity index (χ1v) is 10.1. The molecule has 0 amide bonds. The zero-order valence-corrected chi connectivity index (χ0v) is 18.5. The van der Waals surface area contributed by atoms with Crippen molar-refractivity contribution in [2.24, 2.45) is 0 Å². The van der Waals surface area contributed by atoms with Crippen molar-refractivity contribution >= 4 is 34.6 Å². The van der Waals surface area contributed by atoms with Crippen LogP contribution in [0.3, 0.4) is 0 Å². The maximum atomic E-state index is 15.0. The molecule has 0 fully saturated rings. The smallest absolute Gasteiger partial charge is 0.418 e. The number of halogens is 2. The number of nitrogens with zero attached hydrogens (tertiary/aromatic N) is 1. The maximum absolute atomic E-state index is 15.0. The summed E-state index contributed by atoms with van der Waals surface area (Å²) in [6, 6.07) is 9.58. The van der Waals surface area contributed by atoms with Crippen molar-refractivity contribution in [3.63, 3.8) is 0 Å². The number of esters is 1. The normalized spacial score (nSPS) is 11.4. The van der Waals surface area contributed by atoms with Gasteiger partial charge in [0.05, 0.1) is 23.6 Å².